The third-order valence-electron chi connectivity index (χ3n) is 6.60. The van der Waals surface area contributed by atoms with E-state index >= 15 is 0 Å². The highest BCUT2D eigenvalue weighted by atomic mass is 16.2. The molecule has 2 aliphatic carbocycles. The molecule has 1 saturated heterocycles. The Morgan fingerprint density at radius 3 is 2.67 bits per heavy atom. The Morgan fingerprint density at radius 1 is 1.17 bits per heavy atom. The van der Waals surface area contributed by atoms with Crippen LogP contribution in [0, 0.1) is 12.8 Å². The van der Waals surface area contributed by atoms with E-state index in [2.05, 4.69) is 16.4 Å². The second-order valence-corrected chi connectivity index (χ2v) is 8.23. The van der Waals surface area contributed by atoms with Crippen molar-refractivity contribution in [1.29, 1.82) is 0 Å². The zero-order chi connectivity index (χ0) is 16.5. The van der Waals surface area contributed by atoms with Crippen LogP contribution in [0.1, 0.15) is 87.7 Å². The van der Waals surface area contributed by atoms with Crippen LogP contribution in [0.15, 0.2) is 6.20 Å². The second kappa shape index (κ2) is 6.89. The first-order valence-electron chi connectivity index (χ1n) is 10.0. The summed E-state index contributed by atoms with van der Waals surface area (Å²) in [6.45, 7) is 3.98. The Hall–Kier alpha value is -1.32. The molecule has 1 aromatic heterocycles. The van der Waals surface area contributed by atoms with Crippen molar-refractivity contribution in [3.8, 4) is 0 Å². The molecule has 0 N–H and O–H groups in total. The third-order valence-corrected chi connectivity index (χ3v) is 6.60. The standard InChI is InChI=1S/C20H31N3O/c1-15-13-21-20(17-7-4-8-17)23(15)18-11-12-22(14-18)19(24)10-9-16-5-2-3-6-16/h13,16-18H,2-12,14H2,1H3. The first-order chi connectivity index (χ1) is 11.7. The summed E-state index contributed by atoms with van der Waals surface area (Å²) in [7, 11) is 0. The highest BCUT2D eigenvalue weighted by Crippen LogP contribution is 2.38. The van der Waals surface area contributed by atoms with E-state index in [4.69, 9.17) is 4.98 Å². The van der Waals surface area contributed by atoms with Crippen LogP contribution >= 0.6 is 0 Å². The van der Waals surface area contributed by atoms with Gasteiger partial charge in [-0.1, -0.05) is 32.1 Å². The molecular formula is C20H31N3O. The van der Waals surface area contributed by atoms with E-state index in [9.17, 15) is 4.79 Å². The number of hydrogen-bond donors (Lipinski definition) is 0. The molecule has 24 heavy (non-hydrogen) atoms. The Bertz CT molecular complexity index is 584. The van der Waals surface area contributed by atoms with E-state index in [0.29, 0.717) is 17.9 Å². The molecule has 0 aromatic carbocycles. The summed E-state index contributed by atoms with van der Waals surface area (Å²) in [4.78, 5) is 19.4. The third kappa shape index (κ3) is 3.12. The summed E-state index contributed by atoms with van der Waals surface area (Å²) in [5.41, 5.74) is 1.27. The summed E-state index contributed by atoms with van der Waals surface area (Å²) < 4.78 is 2.45. The van der Waals surface area contributed by atoms with E-state index in [1.807, 2.05) is 6.20 Å². The second-order valence-electron chi connectivity index (χ2n) is 8.23. The average Bonchev–Trinajstić information content (AvgIpc) is 3.24. The summed E-state index contributed by atoms with van der Waals surface area (Å²) in [6.07, 6.45) is 14.3. The van der Waals surface area contributed by atoms with Gasteiger partial charge in [0.15, 0.2) is 0 Å². The van der Waals surface area contributed by atoms with Crippen LogP contribution in [0.4, 0.5) is 0 Å². The molecule has 1 atom stereocenters. The molecule has 4 rings (SSSR count). The normalized spacial score (nSPS) is 25.4. The fourth-order valence-electron chi connectivity index (χ4n) is 4.87. The molecule has 0 radical (unpaired) electrons. The molecule has 2 saturated carbocycles. The van der Waals surface area contributed by atoms with Gasteiger partial charge in [-0.15, -0.1) is 0 Å². The minimum Gasteiger partial charge on any atom is -0.341 e. The lowest BCUT2D eigenvalue weighted by molar-refractivity contribution is -0.130. The first-order valence-corrected chi connectivity index (χ1v) is 10.0. The van der Waals surface area contributed by atoms with Gasteiger partial charge >= 0.3 is 0 Å². The molecule has 3 fully saturated rings. The largest absolute Gasteiger partial charge is 0.341 e. The van der Waals surface area contributed by atoms with Gasteiger partial charge in [0.25, 0.3) is 0 Å². The van der Waals surface area contributed by atoms with Crippen LogP contribution in [-0.4, -0.2) is 33.4 Å². The van der Waals surface area contributed by atoms with Gasteiger partial charge in [-0.3, -0.25) is 4.79 Å². The number of imidazole rings is 1. The Balaban J connectivity index is 1.36. The Morgan fingerprint density at radius 2 is 1.96 bits per heavy atom. The maximum atomic E-state index is 12.6. The zero-order valence-electron chi connectivity index (χ0n) is 15.0. The van der Waals surface area contributed by atoms with E-state index in [1.54, 1.807) is 0 Å². The lowest BCUT2D eigenvalue weighted by Crippen LogP contribution is -2.30. The first kappa shape index (κ1) is 16.2. The molecule has 1 aromatic rings. The number of rotatable bonds is 5. The van der Waals surface area contributed by atoms with Crippen LogP contribution in [0.5, 0.6) is 0 Å². The number of likely N-dealkylation sites (tertiary alicyclic amines) is 1. The van der Waals surface area contributed by atoms with Gasteiger partial charge in [-0.05, 0) is 38.5 Å². The number of aryl methyl sites for hydroxylation is 1. The van der Waals surface area contributed by atoms with Crippen molar-refractivity contribution in [2.24, 2.45) is 5.92 Å². The van der Waals surface area contributed by atoms with Crippen molar-refractivity contribution in [3.05, 3.63) is 17.7 Å². The number of aromatic nitrogens is 2. The number of amides is 1. The van der Waals surface area contributed by atoms with Crippen molar-refractivity contribution in [3.63, 3.8) is 0 Å². The molecule has 4 heteroatoms. The van der Waals surface area contributed by atoms with Gasteiger partial charge in [0.2, 0.25) is 5.91 Å². The van der Waals surface area contributed by atoms with Crippen LogP contribution in [0.3, 0.4) is 0 Å². The highest BCUT2D eigenvalue weighted by Gasteiger charge is 2.32. The van der Waals surface area contributed by atoms with E-state index in [0.717, 1.165) is 38.3 Å². The average molecular weight is 329 g/mol. The fraction of sp³-hybridized carbons (Fsp3) is 0.800. The van der Waals surface area contributed by atoms with Gasteiger partial charge in [0.1, 0.15) is 5.82 Å². The molecule has 0 bridgehead atoms. The predicted octanol–water partition coefficient (Wildman–Crippen LogP) is 4.20. The van der Waals surface area contributed by atoms with E-state index < -0.39 is 0 Å². The van der Waals surface area contributed by atoms with Crippen LogP contribution < -0.4 is 0 Å². The van der Waals surface area contributed by atoms with Crippen molar-refractivity contribution in [1.82, 2.24) is 14.5 Å². The molecule has 0 spiro atoms. The van der Waals surface area contributed by atoms with Gasteiger partial charge < -0.3 is 9.47 Å². The van der Waals surface area contributed by atoms with Crippen LogP contribution in [0.25, 0.3) is 0 Å². The van der Waals surface area contributed by atoms with Gasteiger partial charge in [0.05, 0.1) is 6.04 Å². The Kier molecular flexibility index (Phi) is 4.64. The predicted molar refractivity (Wildman–Crippen MR) is 95.0 cm³/mol. The molecular weight excluding hydrogens is 298 g/mol. The lowest BCUT2D eigenvalue weighted by atomic mass is 9.84. The monoisotopic (exact) mass is 329 g/mol. The molecule has 1 amide bonds. The van der Waals surface area contributed by atoms with Gasteiger partial charge in [0, 0.05) is 37.3 Å². The van der Waals surface area contributed by atoms with Crippen molar-refractivity contribution in [2.45, 2.75) is 83.1 Å². The summed E-state index contributed by atoms with van der Waals surface area (Å²) in [5, 5.41) is 0. The summed E-state index contributed by atoms with van der Waals surface area (Å²) in [5.74, 6) is 3.13. The molecule has 132 valence electrons. The van der Waals surface area contributed by atoms with Crippen molar-refractivity contribution < 1.29 is 4.79 Å². The fourth-order valence-corrected chi connectivity index (χ4v) is 4.87. The SMILES string of the molecule is Cc1cnc(C2CCC2)n1C1CCN(C(=O)CCC2CCCC2)C1. The summed E-state index contributed by atoms with van der Waals surface area (Å²) in [6, 6.07) is 0.443. The number of carbonyl (C=O) groups is 1. The van der Waals surface area contributed by atoms with Crippen molar-refractivity contribution in [2.75, 3.05) is 13.1 Å². The minimum absolute atomic E-state index is 0.382. The Labute approximate surface area is 145 Å². The van der Waals surface area contributed by atoms with E-state index in [-0.39, 0.29) is 0 Å². The van der Waals surface area contributed by atoms with Crippen molar-refractivity contribution >= 4 is 5.91 Å². The molecule has 3 aliphatic rings. The number of hydrogen-bond acceptors (Lipinski definition) is 2. The highest BCUT2D eigenvalue weighted by molar-refractivity contribution is 5.76. The zero-order valence-corrected chi connectivity index (χ0v) is 15.0. The maximum absolute atomic E-state index is 12.6. The molecule has 2 heterocycles. The minimum atomic E-state index is 0.382. The topological polar surface area (TPSA) is 38.1 Å². The van der Waals surface area contributed by atoms with Gasteiger partial charge in [-0.25, -0.2) is 4.98 Å². The van der Waals surface area contributed by atoms with Crippen LogP contribution in [0.2, 0.25) is 0 Å². The quantitative estimate of drug-likeness (QED) is 0.812. The number of carbonyl (C=O) groups excluding carboxylic acids is 1. The number of nitrogens with zero attached hydrogens (tertiary/aromatic N) is 3. The molecule has 4 nitrogen and oxygen atoms in total. The smallest absolute Gasteiger partial charge is 0.222 e. The van der Waals surface area contributed by atoms with Crippen LogP contribution in [-0.2, 0) is 4.79 Å². The molecule has 1 aliphatic heterocycles. The summed E-state index contributed by atoms with van der Waals surface area (Å²) >= 11 is 0. The molecule has 1 unspecified atom stereocenters. The lowest BCUT2D eigenvalue weighted by Gasteiger charge is -2.28. The maximum Gasteiger partial charge on any atom is 0.222 e. The van der Waals surface area contributed by atoms with E-state index in [1.165, 1.54) is 56.5 Å². The van der Waals surface area contributed by atoms with Gasteiger partial charge in [-0.2, -0.15) is 0 Å².